The Bertz CT molecular complexity index is 421. The molecular formula is C13H20N4O. The number of hydrogen-bond acceptors (Lipinski definition) is 4. The Morgan fingerprint density at radius 2 is 2.39 bits per heavy atom. The van der Waals surface area contributed by atoms with E-state index in [1.54, 1.807) is 11.1 Å². The van der Waals surface area contributed by atoms with Crippen molar-refractivity contribution in [3.05, 3.63) is 18.3 Å². The molecule has 1 unspecified atom stereocenters. The lowest BCUT2D eigenvalue weighted by molar-refractivity contribution is -0.132. The van der Waals surface area contributed by atoms with Crippen LogP contribution in [0.5, 0.6) is 0 Å². The molecule has 1 aliphatic rings. The Balaban J connectivity index is 1.96. The quantitative estimate of drug-likeness (QED) is 0.848. The van der Waals surface area contributed by atoms with Gasteiger partial charge in [-0.3, -0.25) is 4.79 Å². The maximum atomic E-state index is 11.4. The number of likely N-dealkylation sites (N-methyl/N-ethyl adjacent to an activating group) is 1. The third-order valence-corrected chi connectivity index (χ3v) is 3.12. The van der Waals surface area contributed by atoms with Crippen LogP contribution in [0.1, 0.15) is 19.8 Å². The van der Waals surface area contributed by atoms with E-state index in [4.69, 9.17) is 0 Å². The third-order valence-electron chi connectivity index (χ3n) is 3.12. The van der Waals surface area contributed by atoms with Crippen LogP contribution in [0.25, 0.3) is 0 Å². The number of nitrogens with one attached hydrogen (secondary N) is 2. The van der Waals surface area contributed by atoms with E-state index in [-0.39, 0.29) is 5.91 Å². The van der Waals surface area contributed by atoms with E-state index in [1.807, 2.05) is 26.1 Å². The number of hydrogen-bond donors (Lipinski definition) is 2. The summed E-state index contributed by atoms with van der Waals surface area (Å²) in [6.07, 6.45) is 3.30. The van der Waals surface area contributed by atoms with Gasteiger partial charge < -0.3 is 15.5 Å². The Morgan fingerprint density at radius 3 is 3.11 bits per heavy atom. The standard InChI is InChI=1S/C13H20N4O/c1-3-14-12-8-10(6-7-15-12)16-11-4-5-13(18)17(2)9-11/h6-8,11H,3-5,9H2,1-2H3,(H2,14,15,16). The van der Waals surface area contributed by atoms with Crippen molar-refractivity contribution < 1.29 is 4.79 Å². The van der Waals surface area contributed by atoms with Gasteiger partial charge in [-0.25, -0.2) is 4.98 Å². The van der Waals surface area contributed by atoms with Gasteiger partial charge in [-0.05, 0) is 19.4 Å². The Kier molecular flexibility index (Phi) is 4.02. The van der Waals surface area contributed by atoms with Crippen LogP contribution in [0.15, 0.2) is 18.3 Å². The van der Waals surface area contributed by atoms with Crippen LogP contribution in [-0.2, 0) is 4.79 Å². The zero-order valence-corrected chi connectivity index (χ0v) is 10.9. The van der Waals surface area contributed by atoms with E-state index in [0.717, 1.165) is 31.0 Å². The summed E-state index contributed by atoms with van der Waals surface area (Å²) in [5.74, 6) is 1.11. The number of pyridine rings is 1. The molecule has 2 rings (SSSR count). The highest BCUT2D eigenvalue weighted by Gasteiger charge is 2.22. The number of carbonyl (C=O) groups is 1. The Labute approximate surface area is 108 Å². The van der Waals surface area contributed by atoms with E-state index in [9.17, 15) is 4.79 Å². The maximum absolute atomic E-state index is 11.4. The number of likely N-dealkylation sites (tertiary alicyclic amines) is 1. The molecule has 1 atom stereocenters. The molecule has 2 heterocycles. The van der Waals surface area contributed by atoms with Gasteiger partial charge in [0.25, 0.3) is 0 Å². The molecule has 0 radical (unpaired) electrons. The highest BCUT2D eigenvalue weighted by atomic mass is 16.2. The van der Waals surface area contributed by atoms with Crippen LogP contribution in [0, 0.1) is 0 Å². The summed E-state index contributed by atoms with van der Waals surface area (Å²) < 4.78 is 0. The second-order valence-corrected chi connectivity index (χ2v) is 4.61. The summed E-state index contributed by atoms with van der Waals surface area (Å²) in [5, 5.41) is 6.64. The maximum Gasteiger partial charge on any atom is 0.222 e. The Hall–Kier alpha value is -1.78. The predicted octanol–water partition coefficient (Wildman–Crippen LogP) is 1.55. The van der Waals surface area contributed by atoms with Crippen molar-refractivity contribution in [1.29, 1.82) is 0 Å². The first kappa shape index (κ1) is 12.7. The summed E-state index contributed by atoms with van der Waals surface area (Å²) in [5.41, 5.74) is 1.05. The topological polar surface area (TPSA) is 57.3 Å². The number of nitrogens with zero attached hydrogens (tertiary/aromatic N) is 2. The van der Waals surface area contributed by atoms with Crippen LogP contribution in [0.4, 0.5) is 11.5 Å². The smallest absolute Gasteiger partial charge is 0.222 e. The van der Waals surface area contributed by atoms with E-state index in [0.29, 0.717) is 12.5 Å². The van der Waals surface area contributed by atoms with Crippen LogP contribution >= 0.6 is 0 Å². The monoisotopic (exact) mass is 248 g/mol. The number of aromatic nitrogens is 1. The number of amides is 1. The predicted molar refractivity (Wildman–Crippen MR) is 72.7 cm³/mol. The highest BCUT2D eigenvalue weighted by Crippen LogP contribution is 2.17. The SMILES string of the molecule is CCNc1cc(NC2CCC(=O)N(C)C2)ccn1. The largest absolute Gasteiger partial charge is 0.380 e. The molecule has 0 bridgehead atoms. The van der Waals surface area contributed by atoms with Gasteiger partial charge in [0.15, 0.2) is 0 Å². The second kappa shape index (κ2) is 5.71. The summed E-state index contributed by atoms with van der Waals surface area (Å²) >= 11 is 0. The lowest BCUT2D eigenvalue weighted by atomic mass is 10.1. The van der Waals surface area contributed by atoms with Crippen molar-refractivity contribution in [3.8, 4) is 0 Å². The van der Waals surface area contributed by atoms with E-state index >= 15 is 0 Å². The molecule has 1 aromatic heterocycles. The average Bonchev–Trinajstić information content (AvgIpc) is 2.35. The Morgan fingerprint density at radius 1 is 1.56 bits per heavy atom. The van der Waals surface area contributed by atoms with Crippen molar-refractivity contribution in [2.75, 3.05) is 30.8 Å². The molecule has 0 aromatic carbocycles. The minimum Gasteiger partial charge on any atom is -0.380 e. The molecule has 2 N–H and O–H groups in total. The van der Waals surface area contributed by atoms with E-state index in [2.05, 4.69) is 15.6 Å². The fraction of sp³-hybridized carbons (Fsp3) is 0.538. The van der Waals surface area contributed by atoms with E-state index < -0.39 is 0 Å². The van der Waals surface area contributed by atoms with Gasteiger partial charge in [0.2, 0.25) is 5.91 Å². The molecule has 1 amide bonds. The molecule has 1 saturated heterocycles. The van der Waals surface area contributed by atoms with Gasteiger partial charge in [0, 0.05) is 50.6 Å². The summed E-state index contributed by atoms with van der Waals surface area (Å²) in [6, 6.07) is 4.28. The first-order chi connectivity index (χ1) is 8.69. The van der Waals surface area contributed by atoms with Crippen molar-refractivity contribution >= 4 is 17.4 Å². The minimum absolute atomic E-state index is 0.233. The molecule has 18 heavy (non-hydrogen) atoms. The second-order valence-electron chi connectivity index (χ2n) is 4.61. The normalized spacial score (nSPS) is 19.8. The lowest BCUT2D eigenvalue weighted by Crippen LogP contribution is -2.43. The van der Waals surface area contributed by atoms with Crippen molar-refractivity contribution in [1.82, 2.24) is 9.88 Å². The highest BCUT2D eigenvalue weighted by molar-refractivity contribution is 5.77. The number of piperidine rings is 1. The van der Waals surface area contributed by atoms with Gasteiger partial charge in [0.1, 0.15) is 5.82 Å². The molecule has 5 nitrogen and oxygen atoms in total. The van der Waals surface area contributed by atoms with Crippen LogP contribution < -0.4 is 10.6 Å². The summed E-state index contributed by atoms with van der Waals surface area (Å²) in [6.45, 7) is 3.66. The van der Waals surface area contributed by atoms with E-state index in [1.165, 1.54) is 0 Å². The molecule has 0 saturated carbocycles. The van der Waals surface area contributed by atoms with Crippen molar-refractivity contribution in [2.45, 2.75) is 25.8 Å². The lowest BCUT2D eigenvalue weighted by Gasteiger charge is -2.30. The molecule has 98 valence electrons. The van der Waals surface area contributed by atoms with Crippen LogP contribution in [-0.4, -0.2) is 42.0 Å². The molecule has 0 aliphatic carbocycles. The summed E-state index contributed by atoms with van der Waals surface area (Å²) in [7, 11) is 1.85. The van der Waals surface area contributed by atoms with Gasteiger partial charge in [-0.1, -0.05) is 0 Å². The molecule has 1 aliphatic heterocycles. The molecule has 0 spiro atoms. The molecule has 5 heteroatoms. The third kappa shape index (κ3) is 3.12. The van der Waals surface area contributed by atoms with Crippen molar-refractivity contribution in [3.63, 3.8) is 0 Å². The van der Waals surface area contributed by atoms with Gasteiger partial charge in [-0.2, -0.15) is 0 Å². The molecule has 1 fully saturated rings. The summed E-state index contributed by atoms with van der Waals surface area (Å²) in [4.78, 5) is 17.4. The first-order valence-corrected chi connectivity index (χ1v) is 6.39. The zero-order chi connectivity index (χ0) is 13.0. The van der Waals surface area contributed by atoms with Gasteiger partial charge in [0.05, 0.1) is 0 Å². The number of rotatable bonds is 4. The van der Waals surface area contributed by atoms with Gasteiger partial charge >= 0.3 is 0 Å². The molecule has 1 aromatic rings. The zero-order valence-electron chi connectivity index (χ0n) is 10.9. The molecular weight excluding hydrogens is 228 g/mol. The van der Waals surface area contributed by atoms with Crippen LogP contribution in [0.2, 0.25) is 0 Å². The fourth-order valence-corrected chi connectivity index (χ4v) is 2.16. The average molecular weight is 248 g/mol. The number of anilines is 2. The number of carbonyl (C=O) groups excluding carboxylic acids is 1. The fourth-order valence-electron chi connectivity index (χ4n) is 2.16. The van der Waals surface area contributed by atoms with Gasteiger partial charge in [-0.15, -0.1) is 0 Å². The first-order valence-electron chi connectivity index (χ1n) is 6.39. The van der Waals surface area contributed by atoms with Crippen LogP contribution in [0.3, 0.4) is 0 Å². The van der Waals surface area contributed by atoms with Crippen molar-refractivity contribution in [2.24, 2.45) is 0 Å². The minimum atomic E-state index is 0.233.